The van der Waals surface area contributed by atoms with Crippen LogP contribution < -0.4 is 10.1 Å². The number of para-hydroxylation sites is 1. The fourth-order valence-corrected chi connectivity index (χ4v) is 2.63. The van der Waals surface area contributed by atoms with Gasteiger partial charge in [0.15, 0.2) is 0 Å². The summed E-state index contributed by atoms with van der Waals surface area (Å²) in [7, 11) is 0. The highest BCUT2D eigenvalue weighted by Gasteiger charge is 2.42. The van der Waals surface area contributed by atoms with Gasteiger partial charge in [-0.3, -0.25) is 9.59 Å². The summed E-state index contributed by atoms with van der Waals surface area (Å²) in [6.45, 7) is 1.29. The van der Waals surface area contributed by atoms with Gasteiger partial charge in [-0.1, -0.05) is 18.2 Å². The maximum atomic E-state index is 12.3. The summed E-state index contributed by atoms with van der Waals surface area (Å²) in [6, 6.07) is 9.31. The van der Waals surface area contributed by atoms with Crippen LogP contribution in [0.4, 0.5) is 0 Å². The predicted molar refractivity (Wildman–Crippen MR) is 77.8 cm³/mol. The maximum absolute atomic E-state index is 12.3. The molecule has 1 N–H and O–H groups in total. The van der Waals surface area contributed by atoms with Crippen molar-refractivity contribution in [3.63, 3.8) is 0 Å². The molecule has 2 amide bonds. The minimum Gasteiger partial charge on any atom is -0.494 e. The highest BCUT2D eigenvalue weighted by atomic mass is 16.5. The van der Waals surface area contributed by atoms with Gasteiger partial charge in [0.1, 0.15) is 11.8 Å². The minimum absolute atomic E-state index is 0.0459. The lowest BCUT2D eigenvalue weighted by Crippen LogP contribution is -2.59. The second-order valence-electron chi connectivity index (χ2n) is 5.66. The molecule has 0 spiro atoms. The number of nitrogens with one attached hydrogen (secondary N) is 1. The molecule has 1 aromatic rings. The Morgan fingerprint density at radius 1 is 1.19 bits per heavy atom. The first-order valence-electron chi connectivity index (χ1n) is 7.50. The molecule has 3 rings (SSSR count). The predicted octanol–water partition coefficient (Wildman–Crippen LogP) is 1.19. The van der Waals surface area contributed by atoms with E-state index in [2.05, 4.69) is 5.32 Å². The van der Waals surface area contributed by atoms with E-state index in [0.717, 1.165) is 25.0 Å². The Bertz CT molecular complexity index is 514. The van der Waals surface area contributed by atoms with Crippen molar-refractivity contribution in [1.29, 1.82) is 0 Å². The third kappa shape index (κ3) is 3.54. The molecule has 2 aliphatic rings. The topological polar surface area (TPSA) is 58.6 Å². The number of piperazine rings is 1. The molecule has 1 atom stereocenters. The molecular formula is C16H20N2O3. The molecule has 0 aromatic heterocycles. The minimum atomic E-state index is -0.290. The molecule has 1 heterocycles. The van der Waals surface area contributed by atoms with Crippen molar-refractivity contribution in [3.05, 3.63) is 30.3 Å². The van der Waals surface area contributed by atoms with E-state index in [4.69, 9.17) is 4.74 Å². The quantitative estimate of drug-likeness (QED) is 0.800. The van der Waals surface area contributed by atoms with Crippen molar-refractivity contribution < 1.29 is 14.3 Å². The van der Waals surface area contributed by atoms with Gasteiger partial charge in [0.2, 0.25) is 11.8 Å². The molecule has 112 valence electrons. The van der Waals surface area contributed by atoms with Crippen molar-refractivity contribution in [1.82, 2.24) is 10.2 Å². The average Bonchev–Trinajstić information content (AvgIpc) is 3.32. The van der Waals surface area contributed by atoms with Gasteiger partial charge in [-0.2, -0.15) is 0 Å². The van der Waals surface area contributed by atoms with Crippen molar-refractivity contribution in [2.45, 2.75) is 25.3 Å². The number of ether oxygens (including phenoxy) is 1. The number of carbonyl (C=O) groups excluding carboxylic acids is 2. The van der Waals surface area contributed by atoms with Crippen LogP contribution in [0.1, 0.15) is 19.3 Å². The Labute approximate surface area is 124 Å². The van der Waals surface area contributed by atoms with Gasteiger partial charge in [-0.15, -0.1) is 0 Å². The van der Waals surface area contributed by atoms with Crippen molar-refractivity contribution in [3.8, 4) is 5.75 Å². The molecule has 5 nitrogen and oxygen atoms in total. The van der Waals surface area contributed by atoms with E-state index in [1.54, 1.807) is 4.90 Å². The van der Waals surface area contributed by atoms with Gasteiger partial charge >= 0.3 is 0 Å². The number of amides is 2. The average molecular weight is 288 g/mol. The SMILES string of the molecule is O=C1CN(CCCOc2ccccc2)C(=O)C(C2CC2)N1. The lowest BCUT2D eigenvalue weighted by atomic mass is 10.1. The molecule has 2 fully saturated rings. The lowest BCUT2D eigenvalue weighted by Gasteiger charge is -2.32. The summed E-state index contributed by atoms with van der Waals surface area (Å²) in [5.74, 6) is 1.20. The molecule has 1 saturated heterocycles. The highest BCUT2D eigenvalue weighted by molar-refractivity contribution is 5.95. The third-order valence-corrected chi connectivity index (χ3v) is 3.91. The molecule has 1 saturated carbocycles. The number of benzene rings is 1. The van der Waals surface area contributed by atoms with Crippen molar-refractivity contribution in [2.75, 3.05) is 19.7 Å². The summed E-state index contributed by atoms with van der Waals surface area (Å²) >= 11 is 0. The number of hydrogen-bond acceptors (Lipinski definition) is 3. The van der Waals surface area contributed by atoms with E-state index < -0.39 is 0 Å². The zero-order valence-corrected chi connectivity index (χ0v) is 12.0. The Kier molecular flexibility index (Phi) is 4.08. The summed E-state index contributed by atoms with van der Waals surface area (Å²) < 4.78 is 5.61. The van der Waals surface area contributed by atoms with Gasteiger partial charge in [0.05, 0.1) is 13.2 Å². The van der Waals surface area contributed by atoms with Crippen LogP contribution in [0.25, 0.3) is 0 Å². The normalized spacial score (nSPS) is 22.1. The van der Waals surface area contributed by atoms with Gasteiger partial charge in [0.25, 0.3) is 0 Å². The molecule has 1 aliphatic heterocycles. The van der Waals surface area contributed by atoms with E-state index in [1.165, 1.54) is 0 Å². The van der Waals surface area contributed by atoms with Crippen LogP contribution in [0.5, 0.6) is 5.75 Å². The van der Waals surface area contributed by atoms with Crippen LogP contribution in [0.3, 0.4) is 0 Å². The first-order valence-corrected chi connectivity index (χ1v) is 7.50. The molecule has 5 heteroatoms. The number of rotatable bonds is 6. The van der Waals surface area contributed by atoms with E-state index >= 15 is 0 Å². The van der Waals surface area contributed by atoms with E-state index in [9.17, 15) is 9.59 Å². The Balaban J connectivity index is 1.45. The van der Waals surface area contributed by atoms with Crippen molar-refractivity contribution in [2.24, 2.45) is 5.92 Å². The molecular weight excluding hydrogens is 268 g/mol. The molecule has 0 bridgehead atoms. The van der Waals surface area contributed by atoms with E-state index in [-0.39, 0.29) is 24.4 Å². The monoisotopic (exact) mass is 288 g/mol. The fraction of sp³-hybridized carbons (Fsp3) is 0.500. The van der Waals surface area contributed by atoms with Crippen LogP contribution in [0.2, 0.25) is 0 Å². The van der Waals surface area contributed by atoms with E-state index in [0.29, 0.717) is 19.1 Å². The van der Waals surface area contributed by atoms with Crippen LogP contribution in [-0.4, -0.2) is 42.5 Å². The van der Waals surface area contributed by atoms with Gasteiger partial charge in [0, 0.05) is 6.54 Å². The fourth-order valence-electron chi connectivity index (χ4n) is 2.63. The number of carbonyl (C=O) groups is 2. The highest BCUT2D eigenvalue weighted by Crippen LogP contribution is 2.34. The zero-order valence-electron chi connectivity index (χ0n) is 12.0. The Morgan fingerprint density at radius 3 is 2.67 bits per heavy atom. The smallest absolute Gasteiger partial charge is 0.245 e. The Morgan fingerprint density at radius 2 is 1.95 bits per heavy atom. The second-order valence-corrected chi connectivity index (χ2v) is 5.66. The standard InChI is InChI=1S/C16H20N2O3/c19-14-11-18(16(20)15(17-14)12-7-8-12)9-4-10-21-13-5-2-1-3-6-13/h1-3,5-6,12,15H,4,7-11H2,(H,17,19). The second kappa shape index (κ2) is 6.16. The number of nitrogens with zero attached hydrogens (tertiary/aromatic N) is 1. The zero-order chi connectivity index (χ0) is 14.7. The van der Waals surface area contributed by atoms with Gasteiger partial charge in [-0.25, -0.2) is 0 Å². The van der Waals surface area contributed by atoms with E-state index in [1.807, 2.05) is 30.3 Å². The molecule has 1 aromatic carbocycles. The van der Waals surface area contributed by atoms with Crippen LogP contribution >= 0.6 is 0 Å². The first-order chi connectivity index (χ1) is 10.2. The van der Waals surface area contributed by atoms with Crippen LogP contribution in [0, 0.1) is 5.92 Å². The Hall–Kier alpha value is -2.04. The van der Waals surface area contributed by atoms with Gasteiger partial charge < -0.3 is 15.0 Å². The lowest BCUT2D eigenvalue weighted by molar-refractivity contribution is -0.145. The summed E-state index contributed by atoms with van der Waals surface area (Å²) in [6.07, 6.45) is 2.81. The van der Waals surface area contributed by atoms with Crippen LogP contribution in [0.15, 0.2) is 30.3 Å². The third-order valence-electron chi connectivity index (χ3n) is 3.91. The molecule has 21 heavy (non-hydrogen) atoms. The molecule has 1 aliphatic carbocycles. The summed E-state index contributed by atoms with van der Waals surface area (Å²) in [4.78, 5) is 25.6. The summed E-state index contributed by atoms with van der Waals surface area (Å²) in [5.41, 5.74) is 0. The first kappa shape index (κ1) is 13.9. The number of hydrogen-bond donors (Lipinski definition) is 1. The molecule has 1 unspecified atom stereocenters. The van der Waals surface area contributed by atoms with Crippen molar-refractivity contribution >= 4 is 11.8 Å². The van der Waals surface area contributed by atoms with Gasteiger partial charge in [-0.05, 0) is 37.3 Å². The largest absolute Gasteiger partial charge is 0.494 e. The van der Waals surface area contributed by atoms with Crippen LogP contribution in [-0.2, 0) is 9.59 Å². The maximum Gasteiger partial charge on any atom is 0.245 e. The summed E-state index contributed by atoms with van der Waals surface area (Å²) in [5, 5.41) is 2.81. The molecule has 0 radical (unpaired) electrons.